The monoisotopic (exact) mass is 407 g/mol. The average molecular weight is 407 g/mol. The minimum absolute atomic E-state index is 0.0866. The van der Waals surface area contributed by atoms with Crippen molar-refractivity contribution in [1.82, 2.24) is 5.32 Å². The number of carbonyl (C=O) groups excluding carboxylic acids is 2. The van der Waals surface area contributed by atoms with Gasteiger partial charge in [-0.15, -0.1) is 0 Å². The van der Waals surface area contributed by atoms with E-state index in [1.807, 2.05) is 0 Å². The Labute approximate surface area is 160 Å². The Kier molecular flexibility index (Phi) is 5.47. The molecule has 148 valence electrons. The van der Waals surface area contributed by atoms with Crippen LogP contribution in [0.2, 0.25) is 0 Å². The molecule has 1 unspecified atom stereocenters. The van der Waals surface area contributed by atoms with E-state index in [9.17, 15) is 18.0 Å². The van der Waals surface area contributed by atoms with Crippen molar-refractivity contribution in [2.24, 2.45) is 0 Å². The molecular formula is C17H17N3O7S. The SMILES string of the molecule is CS(=O)(=O)OCC1CN(c2ccc(C(=N)NC(=O)c3ccco3)cc2)C(=O)O1. The number of carbonyl (C=O) groups is 2. The van der Waals surface area contributed by atoms with Gasteiger partial charge in [0, 0.05) is 11.3 Å². The zero-order valence-corrected chi connectivity index (χ0v) is 15.6. The van der Waals surface area contributed by atoms with Gasteiger partial charge in [-0.3, -0.25) is 19.3 Å². The minimum atomic E-state index is -3.63. The van der Waals surface area contributed by atoms with Crippen molar-refractivity contribution in [1.29, 1.82) is 5.41 Å². The van der Waals surface area contributed by atoms with Crippen LogP contribution in [0.4, 0.5) is 10.5 Å². The number of amidine groups is 1. The summed E-state index contributed by atoms with van der Waals surface area (Å²) in [7, 11) is -3.63. The first-order valence-corrected chi connectivity index (χ1v) is 9.91. The van der Waals surface area contributed by atoms with Gasteiger partial charge in [0.2, 0.25) is 0 Å². The number of benzene rings is 1. The summed E-state index contributed by atoms with van der Waals surface area (Å²) in [6.07, 6.45) is 0.931. The van der Waals surface area contributed by atoms with Gasteiger partial charge in [0.15, 0.2) is 5.76 Å². The maximum Gasteiger partial charge on any atom is 0.414 e. The Morgan fingerprint density at radius 2 is 2.04 bits per heavy atom. The highest BCUT2D eigenvalue weighted by Crippen LogP contribution is 2.22. The Bertz CT molecular complexity index is 984. The molecule has 11 heteroatoms. The third-order valence-corrected chi connectivity index (χ3v) is 4.36. The third-order valence-electron chi connectivity index (χ3n) is 3.79. The van der Waals surface area contributed by atoms with E-state index in [1.54, 1.807) is 30.3 Å². The van der Waals surface area contributed by atoms with Gasteiger partial charge < -0.3 is 14.5 Å². The second-order valence-corrected chi connectivity index (χ2v) is 7.60. The Hall–Kier alpha value is -3.18. The maximum atomic E-state index is 12.0. The summed E-state index contributed by atoms with van der Waals surface area (Å²) in [6.45, 7) is -0.136. The van der Waals surface area contributed by atoms with Crippen LogP contribution in [-0.2, 0) is 19.0 Å². The molecule has 3 rings (SSSR count). The lowest BCUT2D eigenvalue weighted by atomic mass is 10.1. The average Bonchev–Trinajstić information content (AvgIpc) is 3.29. The predicted octanol–water partition coefficient (Wildman–Crippen LogP) is 1.34. The van der Waals surface area contributed by atoms with Crippen molar-refractivity contribution in [3.8, 4) is 0 Å². The van der Waals surface area contributed by atoms with Crippen molar-refractivity contribution in [2.75, 3.05) is 24.3 Å². The van der Waals surface area contributed by atoms with Gasteiger partial charge >= 0.3 is 6.09 Å². The van der Waals surface area contributed by atoms with Crippen LogP contribution in [0.5, 0.6) is 0 Å². The molecule has 1 aromatic carbocycles. The lowest BCUT2D eigenvalue weighted by molar-refractivity contribution is 0.0949. The Morgan fingerprint density at radius 1 is 1.32 bits per heavy atom. The third kappa shape index (κ3) is 4.75. The van der Waals surface area contributed by atoms with Crippen LogP contribution in [0, 0.1) is 5.41 Å². The van der Waals surface area contributed by atoms with E-state index in [1.165, 1.54) is 17.2 Å². The molecular weight excluding hydrogens is 390 g/mol. The summed E-state index contributed by atoms with van der Waals surface area (Å²) < 4.78 is 36.8. The lowest BCUT2D eigenvalue weighted by Crippen LogP contribution is -2.30. The van der Waals surface area contributed by atoms with Gasteiger partial charge in [-0.1, -0.05) is 0 Å². The minimum Gasteiger partial charge on any atom is -0.459 e. The summed E-state index contributed by atoms with van der Waals surface area (Å²) >= 11 is 0. The van der Waals surface area contributed by atoms with Gasteiger partial charge in [-0.25, -0.2) is 4.79 Å². The molecule has 1 aliphatic rings. The van der Waals surface area contributed by atoms with Crippen LogP contribution in [0.1, 0.15) is 16.1 Å². The molecule has 1 fully saturated rings. The normalized spacial score (nSPS) is 16.7. The van der Waals surface area contributed by atoms with Gasteiger partial charge in [0.05, 0.1) is 19.1 Å². The number of rotatable bonds is 6. The molecule has 2 aromatic rings. The number of hydrogen-bond acceptors (Lipinski definition) is 8. The molecule has 2 N–H and O–H groups in total. The summed E-state index contributed by atoms with van der Waals surface area (Å²) in [5.74, 6) is -0.587. The van der Waals surface area contributed by atoms with E-state index in [0.29, 0.717) is 11.3 Å². The van der Waals surface area contributed by atoms with Crippen molar-refractivity contribution in [3.05, 3.63) is 54.0 Å². The van der Waals surface area contributed by atoms with E-state index in [2.05, 4.69) is 9.50 Å². The van der Waals surface area contributed by atoms with E-state index in [-0.39, 0.29) is 24.7 Å². The molecule has 0 bridgehead atoms. The van der Waals surface area contributed by atoms with Gasteiger partial charge in [0.1, 0.15) is 18.5 Å². The number of furan rings is 1. The number of hydrogen-bond donors (Lipinski definition) is 2. The molecule has 1 atom stereocenters. The highest BCUT2D eigenvalue weighted by atomic mass is 32.2. The van der Waals surface area contributed by atoms with E-state index >= 15 is 0 Å². The summed E-state index contributed by atoms with van der Waals surface area (Å²) in [6, 6.07) is 9.35. The number of nitrogens with one attached hydrogen (secondary N) is 2. The highest BCUT2D eigenvalue weighted by Gasteiger charge is 2.33. The fraction of sp³-hybridized carbons (Fsp3) is 0.235. The molecule has 0 saturated carbocycles. The number of nitrogens with zero attached hydrogens (tertiary/aromatic N) is 1. The fourth-order valence-electron chi connectivity index (χ4n) is 2.48. The Balaban J connectivity index is 1.61. The molecule has 0 spiro atoms. The van der Waals surface area contributed by atoms with Crippen LogP contribution in [0.15, 0.2) is 47.1 Å². The molecule has 0 aliphatic carbocycles. The van der Waals surface area contributed by atoms with Crippen molar-refractivity contribution >= 4 is 33.6 Å². The lowest BCUT2D eigenvalue weighted by Gasteiger charge is -2.14. The van der Waals surface area contributed by atoms with Crippen LogP contribution in [-0.4, -0.2) is 51.8 Å². The molecule has 10 nitrogen and oxygen atoms in total. The van der Waals surface area contributed by atoms with Gasteiger partial charge in [0.25, 0.3) is 16.0 Å². The number of ether oxygens (including phenoxy) is 1. The molecule has 28 heavy (non-hydrogen) atoms. The van der Waals surface area contributed by atoms with Crippen molar-refractivity contribution in [3.63, 3.8) is 0 Å². The molecule has 0 radical (unpaired) electrons. The van der Waals surface area contributed by atoms with Crippen LogP contribution < -0.4 is 10.2 Å². The zero-order valence-electron chi connectivity index (χ0n) is 14.7. The fourth-order valence-corrected chi connectivity index (χ4v) is 2.88. The molecule has 1 saturated heterocycles. The van der Waals surface area contributed by atoms with Gasteiger partial charge in [-0.2, -0.15) is 8.42 Å². The Morgan fingerprint density at radius 3 is 2.64 bits per heavy atom. The quantitative estimate of drug-likeness (QED) is 0.418. The van der Waals surface area contributed by atoms with Crippen LogP contribution >= 0.6 is 0 Å². The van der Waals surface area contributed by atoms with Crippen LogP contribution in [0.25, 0.3) is 0 Å². The topological polar surface area (TPSA) is 139 Å². The summed E-state index contributed by atoms with van der Waals surface area (Å²) in [5.41, 5.74) is 0.925. The summed E-state index contributed by atoms with van der Waals surface area (Å²) in [5, 5.41) is 10.4. The first-order chi connectivity index (χ1) is 13.2. The highest BCUT2D eigenvalue weighted by molar-refractivity contribution is 7.85. The second kappa shape index (κ2) is 7.82. The van der Waals surface area contributed by atoms with Crippen molar-refractivity contribution in [2.45, 2.75) is 6.10 Å². The predicted molar refractivity (Wildman–Crippen MR) is 97.9 cm³/mol. The number of cyclic esters (lactones) is 1. The van der Waals surface area contributed by atoms with E-state index < -0.39 is 28.2 Å². The van der Waals surface area contributed by atoms with E-state index in [0.717, 1.165) is 6.26 Å². The number of anilines is 1. The van der Waals surface area contributed by atoms with Crippen LogP contribution in [0.3, 0.4) is 0 Å². The molecule has 1 aliphatic heterocycles. The van der Waals surface area contributed by atoms with E-state index in [4.69, 9.17) is 14.6 Å². The molecule has 2 heterocycles. The van der Waals surface area contributed by atoms with Crippen molar-refractivity contribution < 1.29 is 31.3 Å². The maximum absolute atomic E-state index is 12.0. The first kappa shape index (κ1) is 19.6. The molecule has 1 aromatic heterocycles. The zero-order chi connectivity index (χ0) is 20.3. The second-order valence-electron chi connectivity index (χ2n) is 5.96. The number of amides is 2. The van der Waals surface area contributed by atoms with Gasteiger partial charge in [-0.05, 0) is 36.4 Å². The molecule has 2 amide bonds. The first-order valence-electron chi connectivity index (χ1n) is 8.09. The summed E-state index contributed by atoms with van der Waals surface area (Å²) in [4.78, 5) is 25.2. The largest absolute Gasteiger partial charge is 0.459 e. The smallest absolute Gasteiger partial charge is 0.414 e. The standard InChI is InChI=1S/C17H17N3O7S/c1-28(23,24)26-10-13-9-20(17(22)27-13)12-6-4-11(5-7-12)15(18)19-16(21)14-3-2-8-25-14/h2-8,13H,9-10H2,1H3,(H2,18,19,21).